The third kappa shape index (κ3) is 4.73. The van der Waals surface area contributed by atoms with Crippen LogP contribution in [0.3, 0.4) is 0 Å². The van der Waals surface area contributed by atoms with Crippen molar-refractivity contribution in [3.05, 3.63) is 77.4 Å². The van der Waals surface area contributed by atoms with Gasteiger partial charge in [-0.3, -0.25) is 9.69 Å². The quantitative estimate of drug-likeness (QED) is 0.644. The number of fused-ring (bicyclic) bond motifs is 1. The van der Waals surface area contributed by atoms with Crippen LogP contribution in [0.5, 0.6) is 5.75 Å². The molecule has 1 heterocycles. The molecule has 0 spiro atoms. The molecule has 1 aliphatic heterocycles. The molecular formula is C26H30N2O3. The fourth-order valence-corrected chi connectivity index (χ4v) is 4.11. The number of carbonyl (C=O) groups is 1. The molecule has 31 heavy (non-hydrogen) atoms. The zero-order valence-corrected chi connectivity index (χ0v) is 18.3. The second-order valence-electron chi connectivity index (χ2n) is 8.36. The molecule has 1 aliphatic rings. The third-order valence-electron chi connectivity index (χ3n) is 5.98. The van der Waals surface area contributed by atoms with Crippen LogP contribution in [-0.2, 0) is 17.8 Å². The van der Waals surface area contributed by atoms with Crippen LogP contribution >= 0.6 is 0 Å². The van der Waals surface area contributed by atoms with E-state index >= 15 is 0 Å². The van der Waals surface area contributed by atoms with Gasteiger partial charge in [-0.2, -0.15) is 0 Å². The smallest absolute Gasteiger partial charge is 0.257 e. The molecule has 1 amide bonds. The van der Waals surface area contributed by atoms with E-state index in [-0.39, 0.29) is 17.7 Å². The summed E-state index contributed by atoms with van der Waals surface area (Å²) in [5.41, 5.74) is 2.40. The van der Waals surface area contributed by atoms with Crippen LogP contribution in [0.15, 0.2) is 60.7 Å². The van der Waals surface area contributed by atoms with E-state index in [0.717, 1.165) is 22.9 Å². The molecule has 162 valence electrons. The van der Waals surface area contributed by atoms with E-state index in [1.807, 2.05) is 48.5 Å². The highest BCUT2D eigenvalue weighted by Gasteiger charge is 2.25. The monoisotopic (exact) mass is 418 g/mol. The van der Waals surface area contributed by atoms with Crippen molar-refractivity contribution in [2.24, 2.45) is 0 Å². The normalized spacial score (nSPS) is 14.5. The van der Waals surface area contributed by atoms with Crippen LogP contribution in [0, 0.1) is 0 Å². The van der Waals surface area contributed by atoms with Gasteiger partial charge in [0.1, 0.15) is 5.75 Å². The number of phenols is 1. The van der Waals surface area contributed by atoms with Crippen LogP contribution in [-0.4, -0.2) is 53.2 Å². The standard InChI is InChI=1S/C26H30N2O3/c1-19(2)28(17-20-8-4-3-5-9-20)18-24-22-11-7-6-10-21(22)16-23(25(24)29)26(30)27-12-14-31-15-13-27/h3-11,16,19,29H,12-15,17-18H2,1-2H3. The van der Waals surface area contributed by atoms with Gasteiger partial charge in [0.05, 0.1) is 18.8 Å². The molecule has 1 saturated heterocycles. The SMILES string of the molecule is CC(C)N(Cc1ccccc1)Cc1c(O)c(C(=O)N2CCOCC2)cc2ccccc12. The van der Waals surface area contributed by atoms with Crippen LogP contribution in [0.2, 0.25) is 0 Å². The first kappa shape index (κ1) is 21.3. The Bertz CT molecular complexity index is 1040. The summed E-state index contributed by atoms with van der Waals surface area (Å²) in [7, 11) is 0. The Morgan fingerprint density at radius 3 is 2.42 bits per heavy atom. The molecule has 3 aromatic carbocycles. The molecular weight excluding hydrogens is 388 g/mol. The third-order valence-corrected chi connectivity index (χ3v) is 5.98. The minimum absolute atomic E-state index is 0.0916. The molecule has 1 fully saturated rings. The fraction of sp³-hybridized carbons (Fsp3) is 0.346. The van der Waals surface area contributed by atoms with Crippen molar-refractivity contribution in [1.29, 1.82) is 0 Å². The van der Waals surface area contributed by atoms with Gasteiger partial charge >= 0.3 is 0 Å². The van der Waals surface area contributed by atoms with Gasteiger partial charge in [0, 0.05) is 37.8 Å². The summed E-state index contributed by atoms with van der Waals surface area (Å²) in [5.74, 6) is -0.0409. The average Bonchev–Trinajstić information content (AvgIpc) is 2.80. The number of amides is 1. The number of hydrogen-bond acceptors (Lipinski definition) is 4. The van der Waals surface area contributed by atoms with Gasteiger partial charge in [-0.1, -0.05) is 54.6 Å². The zero-order valence-electron chi connectivity index (χ0n) is 18.3. The van der Waals surface area contributed by atoms with E-state index in [1.165, 1.54) is 5.56 Å². The highest BCUT2D eigenvalue weighted by molar-refractivity contribution is 6.03. The first-order chi connectivity index (χ1) is 15.0. The summed E-state index contributed by atoms with van der Waals surface area (Å²) in [4.78, 5) is 17.3. The maximum atomic E-state index is 13.2. The van der Waals surface area contributed by atoms with E-state index in [2.05, 4.69) is 30.9 Å². The molecule has 1 N–H and O–H groups in total. The number of carbonyl (C=O) groups excluding carboxylic acids is 1. The Kier molecular flexibility index (Phi) is 6.54. The molecule has 5 nitrogen and oxygen atoms in total. The lowest BCUT2D eigenvalue weighted by atomic mass is 9.97. The Hall–Kier alpha value is -2.89. The zero-order chi connectivity index (χ0) is 21.8. The molecule has 0 radical (unpaired) electrons. The van der Waals surface area contributed by atoms with Crippen LogP contribution in [0.4, 0.5) is 0 Å². The van der Waals surface area contributed by atoms with Crippen molar-refractivity contribution in [1.82, 2.24) is 9.80 Å². The van der Waals surface area contributed by atoms with Gasteiger partial charge in [-0.25, -0.2) is 0 Å². The predicted molar refractivity (Wildman–Crippen MR) is 123 cm³/mol. The van der Waals surface area contributed by atoms with E-state index < -0.39 is 0 Å². The van der Waals surface area contributed by atoms with Crippen molar-refractivity contribution >= 4 is 16.7 Å². The Balaban J connectivity index is 1.73. The second kappa shape index (κ2) is 9.50. The van der Waals surface area contributed by atoms with Gasteiger partial charge in [0.15, 0.2) is 0 Å². The van der Waals surface area contributed by atoms with Crippen molar-refractivity contribution in [3.8, 4) is 5.75 Å². The van der Waals surface area contributed by atoms with E-state index in [9.17, 15) is 9.90 Å². The molecule has 0 aliphatic carbocycles. The van der Waals surface area contributed by atoms with E-state index in [4.69, 9.17) is 4.74 Å². The molecule has 3 aromatic rings. The van der Waals surface area contributed by atoms with E-state index in [0.29, 0.717) is 38.4 Å². The number of hydrogen-bond donors (Lipinski definition) is 1. The summed E-state index contributed by atoms with van der Waals surface area (Å²) in [5, 5.41) is 13.2. The van der Waals surface area contributed by atoms with Crippen molar-refractivity contribution in [2.45, 2.75) is 33.0 Å². The van der Waals surface area contributed by atoms with Crippen molar-refractivity contribution in [3.63, 3.8) is 0 Å². The molecule has 5 heteroatoms. The van der Waals surface area contributed by atoms with Gasteiger partial charge in [-0.05, 0) is 36.2 Å². The lowest BCUT2D eigenvalue weighted by molar-refractivity contribution is 0.0301. The minimum atomic E-state index is -0.132. The van der Waals surface area contributed by atoms with Crippen LogP contribution < -0.4 is 0 Å². The number of ether oxygens (including phenoxy) is 1. The minimum Gasteiger partial charge on any atom is -0.507 e. The van der Waals surface area contributed by atoms with Crippen LogP contribution in [0.25, 0.3) is 10.8 Å². The number of rotatable bonds is 6. The Labute approximate surface area is 183 Å². The molecule has 0 aromatic heterocycles. The number of benzene rings is 3. The molecule has 0 saturated carbocycles. The Morgan fingerprint density at radius 1 is 1.03 bits per heavy atom. The summed E-state index contributed by atoms with van der Waals surface area (Å²) in [6.45, 7) is 7.81. The summed E-state index contributed by atoms with van der Waals surface area (Å²) in [6.07, 6.45) is 0. The topological polar surface area (TPSA) is 53.0 Å². The largest absolute Gasteiger partial charge is 0.507 e. The second-order valence-corrected chi connectivity index (χ2v) is 8.36. The van der Waals surface area contributed by atoms with Gasteiger partial charge in [0.2, 0.25) is 0 Å². The van der Waals surface area contributed by atoms with Crippen molar-refractivity contribution < 1.29 is 14.6 Å². The van der Waals surface area contributed by atoms with Gasteiger partial charge in [0.25, 0.3) is 5.91 Å². The summed E-state index contributed by atoms with van der Waals surface area (Å²) >= 11 is 0. The number of nitrogens with zero attached hydrogens (tertiary/aromatic N) is 2. The number of phenolic OH excluding ortho intramolecular Hbond substituents is 1. The lowest BCUT2D eigenvalue weighted by Crippen LogP contribution is -2.40. The first-order valence-electron chi connectivity index (χ1n) is 10.9. The average molecular weight is 419 g/mol. The maximum Gasteiger partial charge on any atom is 0.257 e. The number of morpholine rings is 1. The molecule has 0 unspecified atom stereocenters. The predicted octanol–water partition coefficient (Wildman–Crippen LogP) is 4.43. The molecule has 0 atom stereocenters. The fourth-order valence-electron chi connectivity index (χ4n) is 4.11. The summed E-state index contributed by atoms with van der Waals surface area (Å²) < 4.78 is 5.38. The number of aromatic hydroxyl groups is 1. The highest BCUT2D eigenvalue weighted by atomic mass is 16.5. The van der Waals surface area contributed by atoms with Gasteiger partial charge in [-0.15, -0.1) is 0 Å². The highest BCUT2D eigenvalue weighted by Crippen LogP contribution is 2.34. The maximum absolute atomic E-state index is 13.2. The first-order valence-corrected chi connectivity index (χ1v) is 10.9. The van der Waals surface area contributed by atoms with Gasteiger partial charge < -0.3 is 14.7 Å². The van der Waals surface area contributed by atoms with Crippen LogP contribution in [0.1, 0.15) is 35.3 Å². The molecule has 4 rings (SSSR count). The van der Waals surface area contributed by atoms with Crippen molar-refractivity contribution in [2.75, 3.05) is 26.3 Å². The molecule has 0 bridgehead atoms. The lowest BCUT2D eigenvalue weighted by Gasteiger charge is -2.29. The van der Waals surface area contributed by atoms with E-state index in [1.54, 1.807) is 4.90 Å². The Morgan fingerprint density at radius 2 is 1.71 bits per heavy atom. The summed E-state index contributed by atoms with van der Waals surface area (Å²) in [6, 6.07) is 20.4.